The van der Waals surface area contributed by atoms with Gasteiger partial charge in [0.2, 0.25) is 5.91 Å². The van der Waals surface area contributed by atoms with Crippen LogP contribution in [0.5, 0.6) is 0 Å². The first-order valence-electron chi connectivity index (χ1n) is 5.75. The van der Waals surface area contributed by atoms with E-state index in [4.69, 9.17) is 0 Å². The SMILES string of the molecule is O=C(CSCc1ccccc1)NC(=O)c1cccs1. The van der Waals surface area contributed by atoms with Crippen LogP contribution < -0.4 is 5.32 Å². The lowest BCUT2D eigenvalue weighted by atomic mass is 10.2. The summed E-state index contributed by atoms with van der Waals surface area (Å²) in [4.78, 5) is 23.8. The molecule has 0 radical (unpaired) electrons. The normalized spacial score (nSPS) is 10.1. The van der Waals surface area contributed by atoms with Gasteiger partial charge >= 0.3 is 0 Å². The van der Waals surface area contributed by atoms with Gasteiger partial charge in [0.15, 0.2) is 0 Å². The van der Waals surface area contributed by atoms with E-state index in [-0.39, 0.29) is 17.6 Å². The Morgan fingerprint density at radius 1 is 1.11 bits per heavy atom. The van der Waals surface area contributed by atoms with Crippen molar-refractivity contribution in [1.29, 1.82) is 0 Å². The fourth-order valence-electron chi connectivity index (χ4n) is 1.47. The summed E-state index contributed by atoms with van der Waals surface area (Å²) in [7, 11) is 0. The lowest BCUT2D eigenvalue weighted by Crippen LogP contribution is -2.31. The average Bonchev–Trinajstić information content (AvgIpc) is 2.94. The van der Waals surface area contributed by atoms with Crippen molar-refractivity contribution >= 4 is 34.9 Å². The summed E-state index contributed by atoms with van der Waals surface area (Å²) in [5.74, 6) is 0.479. The van der Waals surface area contributed by atoms with Crippen molar-refractivity contribution in [3.63, 3.8) is 0 Å². The Hall–Kier alpha value is -1.59. The maximum absolute atomic E-state index is 11.6. The minimum Gasteiger partial charge on any atom is -0.291 e. The molecule has 1 N–H and O–H groups in total. The summed E-state index contributed by atoms with van der Waals surface area (Å²) >= 11 is 2.82. The Kier molecular flexibility index (Phi) is 5.18. The molecule has 0 aliphatic carbocycles. The van der Waals surface area contributed by atoms with Gasteiger partial charge in [-0.1, -0.05) is 36.4 Å². The van der Waals surface area contributed by atoms with E-state index in [1.807, 2.05) is 35.7 Å². The van der Waals surface area contributed by atoms with Crippen LogP contribution in [0.25, 0.3) is 0 Å². The first-order chi connectivity index (χ1) is 9.25. The fourth-order valence-corrected chi connectivity index (χ4v) is 2.87. The van der Waals surface area contributed by atoms with Gasteiger partial charge in [-0.15, -0.1) is 23.1 Å². The highest BCUT2D eigenvalue weighted by molar-refractivity contribution is 7.99. The van der Waals surface area contributed by atoms with E-state index in [2.05, 4.69) is 5.32 Å². The Morgan fingerprint density at radius 3 is 2.58 bits per heavy atom. The number of hydrogen-bond acceptors (Lipinski definition) is 4. The molecule has 2 aromatic rings. The Labute approximate surface area is 120 Å². The molecule has 5 heteroatoms. The standard InChI is InChI=1S/C14H13NO2S2/c16-13(15-14(17)12-7-4-8-19-12)10-18-9-11-5-2-1-3-6-11/h1-8H,9-10H2,(H,15,16,17). The van der Waals surface area contributed by atoms with E-state index in [0.29, 0.717) is 4.88 Å². The third-order valence-corrected chi connectivity index (χ3v) is 4.22. The topological polar surface area (TPSA) is 46.2 Å². The predicted octanol–water partition coefficient (Wildman–Crippen LogP) is 2.94. The molecule has 1 aromatic heterocycles. The fraction of sp³-hybridized carbons (Fsp3) is 0.143. The van der Waals surface area contributed by atoms with Crippen molar-refractivity contribution in [1.82, 2.24) is 5.32 Å². The molecule has 0 aliphatic rings. The van der Waals surface area contributed by atoms with Crippen LogP contribution in [0.15, 0.2) is 47.8 Å². The molecule has 2 rings (SSSR count). The van der Waals surface area contributed by atoms with Crippen molar-refractivity contribution < 1.29 is 9.59 Å². The molecule has 19 heavy (non-hydrogen) atoms. The van der Waals surface area contributed by atoms with E-state index in [1.54, 1.807) is 12.1 Å². The number of benzene rings is 1. The molecule has 1 aromatic carbocycles. The van der Waals surface area contributed by atoms with Gasteiger partial charge in [-0.05, 0) is 17.0 Å². The van der Waals surface area contributed by atoms with Gasteiger partial charge in [-0.3, -0.25) is 14.9 Å². The van der Waals surface area contributed by atoms with Gasteiger partial charge in [0.05, 0.1) is 10.6 Å². The van der Waals surface area contributed by atoms with Crippen molar-refractivity contribution in [3.8, 4) is 0 Å². The largest absolute Gasteiger partial charge is 0.291 e. The van der Waals surface area contributed by atoms with E-state index in [9.17, 15) is 9.59 Å². The highest BCUT2D eigenvalue weighted by atomic mass is 32.2. The van der Waals surface area contributed by atoms with Crippen molar-refractivity contribution in [2.45, 2.75) is 5.75 Å². The molecule has 0 fully saturated rings. The maximum atomic E-state index is 11.6. The zero-order chi connectivity index (χ0) is 13.5. The quantitative estimate of drug-likeness (QED) is 0.921. The molecule has 0 atom stereocenters. The second kappa shape index (κ2) is 7.11. The van der Waals surface area contributed by atoms with Gasteiger partial charge in [0.25, 0.3) is 5.91 Å². The smallest absolute Gasteiger partial charge is 0.267 e. The molecule has 0 saturated carbocycles. The summed E-state index contributed by atoms with van der Waals surface area (Å²) in [6.45, 7) is 0. The predicted molar refractivity (Wildman–Crippen MR) is 79.4 cm³/mol. The van der Waals surface area contributed by atoms with Crippen LogP contribution in [0.1, 0.15) is 15.2 Å². The number of thiophene rings is 1. The van der Waals surface area contributed by atoms with Gasteiger partial charge in [-0.2, -0.15) is 0 Å². The first-order valence-corrected chi connectivity index (χ1v) is 7.78. The molecule has 98 valence electrons. The molecule has 0 spiro atoms. The number of carbonyl (C=O) groups excluding carboxylic acids is 2. The zero-order valence-corrected chi connectivity index (χ0v) is 11.8. The second-order valence-corrected chi connectivity index (χ2v) is 5.77. The Morgan fingerprint density at radius 2 is 1.89 bits per heavy atom. The summed E-state index contributed by atoms with van der Waals surface area (Å²) in [5, 5.41) is 4.19. The summed E-state index contributed by atoms with van der Waals surface area (Å²) in [6, 6.07) is 13.4. The molecule has 0 aliphatic heterocycles. The lowest BCUT2D eigenvalue weighted by molar-refractivity contribution is -0.117. The minimum atomic E-state index is -0.319. The van der Waals surface area contributed by atoms with Crippen LogP contribution in [-0.2, 0) is 10.5 Å². The molecule has 0 saturated heterocycles. The number of imide groups is 1. The van der Waals surface area contributed by atoms with E-state index in [0.717, 1.165) is 5.75 Å². The molecule has 1 heterocycles. The van der Waals surface area contributed by atoms with Crippen molar-refractivity contribution in [3.05, 3.63) is 58.3 Å². The van der Waals surface area contributed by atoms with E-state index >= 15 is 0 Å². The van der Waals surface area contributed by atoms with Gasteiger partial charge in [-0.25, -0.2) is 0 Å². The van der Waals surface area contributed by atoms with Crippen LogP contribution in [0.4, 0.5) is 0 Å². The van der Waals surface area contributed by atoms with Crippen LogP contribution in [0.2, 0.25) is 0 Å². The van der Waals surface area contributed by atoms with Gasteiger partial charge < -0.3 is 0 Å². The van der Waals surface area contributed by atoms with Crippen molar-refractivity contribution in [2.75, 3.05) is 5.75 Å². The summed E-state index contributed by atoms with van der Waals surface area (Å²) < 4.78 is 0. The molecule has 2 amide bonds. The maximum Gasteiger partial charge on any atom is 0.267 e. The number of rotatable bonds is 5. The third kappa shape index (κ3) is 4.54. The average molecular weight is 291 g/mol. The second-order valence-electron chi connectivity index (χ2n) is 3.83. The number of thioether (sulfide) groups is 1. The number of carbonyl (C=O) groups is 2. The zero-order valence-electron chi connectivity index (χ0n) is 10.2. The van der Waals surface area contributed by atoms with Crippen LogP contribution in [0, 0.1) is 0 Å². The molecule has 3 nitrogen and oxygen atoms in total. The highest BCUT2D eigenvalue weighted by Gasteiger charge is 2.10. The van der Waals surface area contributed by atoms with Gasteiger partial charge in [0, 0.05) is 5.75 Å². The number of amides is 2. The number of nitrogens with one attached hydrogen (secondary N) is 1. The molecule has 0 bridgehead atoms. The highest BCUT2D eigenvalue weighted by Crippen LogP contribution is 2.12. The van der Waals surface area contributed by atoms with Gasteiger partial charge in [0.1, 0.15) is 0 Å². The Balaban J connectivity index is 1.72. The minimum absolute atomic E-state index is 0.251. The van der Waals surface area contributed by atoms with Crippen molar-refractivity contribution in [2.24, 2.45) is 0 Å². The summed E-state index contributed by atoms with van der Waals surface area (Å²) in [5.41, 5.74) is 1.17. The summed E-state index contributed by atoms with van der Waals surface area (Å²) in [6.07, 6.45) is 0. The van der Waals surface area contributed by atoms with Crippen LogP contribution in [-0.4, -0.2) is 17.6 Å². The third-order valence-electron chi connectivity index (χ3n) is 2.34. The molecular weight excluding hydrogens is 278 g/mol. The molecular formula is C14H13NO2S2. The first kappa shape index (κ1) is 13.8. The monoisotopic (exact) mass is 291 g/mol. The number of hydrogen-bond donors (Lipinski definition) is 1. The van der Waals surface area contributed by atoms with Crippen LogP contribution in [0.3, 0.4) is 0 Å². The Bertz CT molecular complexity index is 538. The van der Waals surface area contributed by atoms with Crippen LogP contribution >= 0.6 is 23.1 Å². The van der Waals surface area contributed by atoms with E-state index < -0.39 is 0 Å². The van der Waals surface area contributed by atoms with E-state index in [1.165, 1.54) is 28.7 Å². The lowest BCUT2D eigenvalue weighted by Gasteiger charge is -2.03. The molecule has 0 unspecified atom stereocenters.